The van der Waals surface area contributed by atoms with Crippen LogP contribution in [0.5, 0.6) is 0 Å². The Morgan fingerprint density at radius 1 is 1.18 bits per heavy atom. The van der Waals surface area contributed by atoms with Crippen molar-refractivity contribution in [2.45, 2.75) is 38.8 Å². The van der Waals surface area contributed by atoms with Gasteiger partial charge in [0, 0.05) is 24.0 Å². The number of likely N-dealkylation sites (tertiary alicyclic amines) is 1. The van der Waals surface area contributed by atoms with Gasteiger partial charge in [0.1, 0.15) is 0 Å². The number of hydrogen-bond donors (Lipinski definition) is 2. The van der Waals surface area contributed by atoms with Gasteiger partial charge in [0.2, 0.25) is 5.91 Å². The second-order valence-corrected chi connectivity index (χ2v) is 9.88. The van der Waals surface area contributed by atoms with Gasteiger partial charge in [-0.2, -0.15) is 5.10 Å². The fourth-order valence-corrected chi connectivity index (χ4v) is 4.80. The number of pyridine rings is 2. The monoisotopic (exact) mass is 515 g/mol. The van der Waals surface area contributed by atoms with E-state index in [9.17, 15) is 9.59 Å². The van der Waals surface area contributed by atoms with Crippen LogP contribution in [0.4, 0.5) is 11.4 Å². The summed E-state index contributed by atoms with van der Waals surface area (Å²) in [5.74, 6) is -0.520. The maximum atomic E-state index is 13.1. The van der Waals surface area contributed by atoms with Crippen LogP contribution in [0.15, 0.2) is 42.9 Å². The number of nitrogens with zero attached hydrogens (tertiary/aromatic N) is 7. The Morgan fingerprint density at radius 3 is 2.82 bits per heavy atom. The van der Waals surface area contributed by atoms with Gasteiger partial charge in [-0.1, -0.05) is 5.21 Å². The van der Waals surface area contributed by atoms with Gasteiger partial charge < -0.3 is 15.4 Å². The highest BCUT2D eigenvalue weighted by Gasteiger charge is 2.23. The van der Waals surface area contributed by atoms with Crippen LogP contribution in [0.3, 0.4) is 0 Å². The molecule has 2 saturated heterocycles. The molecule has 2 aliphatic heterocycles. The van der Waals surface area contributed by atoms with E-state index >= 15 is 0 Å². The highest BCUT2D eigenvalue weighted by molar-refractivity contribution is 6.08. The van der Waals surface area contributed by atoms with E-state index in [4.69, 9.17) is 4.74 Å². The minimum absolute atomic E-state index is 0.104. The number of fused-ring (bicyclic) bond motifs is 1. The molecular formula is C26H29N9O3. The highest BCUT2D eigenvalue weighted by atomic mass is 16.5. The van der Waals surface area contributed by atoms with Crippen molar-refractivity contribution in [2.24, 2.45) is 0 Å². The Labute approximate surface area is 219 Å². The summed E-state index contributed by atoms with van der Waals surface area (Å²) in [6, 6.07) is 8.02. The Kier molecular flexibility index (Phi) is 6.34. The first-order valence-corrected chi connectivity index (χ1v) is 12.7. The van der Waals surface area contributed by atoms with Gasteiger partial charge >= 0.3 is 0 Å². The van der Waals surface area contributed by atoms with E-state index < -0.39 is 5.91 Å². The number of hydrogen-bond acceptors (Lipinski definition) is 8. The van der Waals surface area contributed by atoms with Gasteiger partial charge in [0.05, 0.1) is 60.3 Å². The van der Waals surface area contributed by atoms with Crippen molar-refractivity contribution in [3.8, 4) is 11.3 Å². The fourth-order valence-electron chi connectivity index (χ4n) is 4.80. The van der Waals surface area contributed by atoms with Crippen molar-refractivity contribution in [1.82, 2.24) is 34.5 Å². The average Bonchev–Trinajstić information content (AvgIpc) is 3.60. The van der Waals surface area contributed by atoms with Crippen LogP contribution in [0.25, 0.3) is 16.8 Å². The van der Waals surface area contributed by atoms with Crippen LogP contribution in [0.2, 0.25) is 0 Å². The lowest BCUT2D eigenvalue weighted by Gasteiger charge is -2.25. The second-order valence-electron chi connectivity index (χ2n) is 9.88. The summed E-state index contributed by atoms with van der Waals surface area (Å²) < 4.78 is 8.71. The summed E-state index contributed by atoms with van der Waals surface area (Å²) in [5.41, 5.74) is 4.05. The fraction of sp³-hybridized carbons (Fsp3) is 0.385. The van der Waals surface area contributed by atoms with Gasteiger partial charge in [-0.25, -0.2) is 4.52 Å². The zero-order valence-electron chi connectivity index (χ0n) is 21.3. The summed E-state index contributed by atoms with van der Waals surface area (Å²) in [4.78, 5) is 32.2. The zero-order chi connectivity index (χ0) is 26.2. The van der Waals surface area contributed by atoms with Crippen molar-refractivity contribution in [3.63, 3.8) is 0 Å². The smallest absolute Gasteiger partial charge is 0.278 e. The van der Waals surface area contributed by atoms with Crippen LogP contribution < -0.4 is 10.6 Å². The van der Waals surface area contributed by atoms with E-state index in [-0.39, 0.29) is 17.6 Å². The first-order chi connectivity index (χ1) is 18.4. The standard InChI is InChI=1S/C26H29N9O3/c1-16-4-3-8-33(16)13-24(36)28-19-10-22(17(2)27-11-19)29-26(37)25-23-6-5-18(12-35(23)32-30-25)21-7-9-34(31-21)20-14-38-15-20/h5-7,9-12,16,20H,3-4,8,13-15H2,1-2H3,(H,28,36)(H,29,37)/t16-/m0/s1. The number of rotatable bonds is 7. The van der Waals surface area contributed by atoms with Crippen molar-refractivity contribution in [2.75, 3.05) is 36.9 Å². The molecule has 2 N–H and O–H groups in total. The normalized spacial score (nSPS) is 18.0. The number of anilines is 2. The highest BCUT2D eigenvalue weighted by Crippen LogP contribution is 2.24. The molecular weight excluding hydrogens is 486 g/mol. The predicted molar refractivity (Wildman–Crippen MR) is 140 cm³/mol. The number of ether oxygens (including phenoxy) is 1. The molecule has 6 heterocycles. The molecule has 0 spiro atoms. The first kappa shape index (κ1) is 24.2. The van der Waals surface area contributed by atoms with Crippen molar-refractivity contribution in [3.05, 3.63) is 54.2 Å². The Morgan fingerprint density at radius 2 is 2.05 bits per heavy atom. The van der Waals surface area contributed by atoms with Crippen molar-refractivity contribution < 1.29 is 14.3 Å². The molecule has 6 rings (SSSR count). The molecule has 196 valence electrons. The maximum Gasteiger partial charge on any atom is 0.278 e. The summed E-state index contributed by atoms with van der Waals surface area (Å²) >= 11 is 0. The van der Waals surface area contributed by atoms with Gasteiger partial charge in [-0.3, -0.25) is 24.2 Å². The molecule has 12 nitrogen and oxygen atoms in total. The molecule has 0 aromatic carbocycles. The zero-order valence-corrected chi connectivity index (χ0v) is 21.3. The van der Waals surface area contributed by atoms with Crippen LogP contribution in [-0.2, 0) is 9.53 Å². The first-order valence-electron chi connectivity index (χ1n) is 12.7. The van der Waals surface area contributed by atoms with Gasteiger partial charge in [-0.05, 0) is 57.5 Å². The molecule has 0 unspecified atom stereocenters. The number of nitrogens with one attached hydrogen (secondary N) is 2. The van der Waals surface area contributed by atoms with Gasteiger partial charge in [0.15, 0.2) is 5.69 Å². The third-order valence-corrected chi connectivity index (χ3v) is 7.18. The largest absolute Gasteiger partial charge is 0.377 e. The Balaban J connectivity index is 1.15. The summed E-state index contributed by atoms with van der Waals surface area (Å²) in [7, 11) is 0. The quantitative estimate of drug-likeness (QED) is 0.384. The molecule has 2 fully saturated rings. The molecule has 12 heteroatoms. The third-order valence-electron chi connectivity index (χ3n) is 7.18. The van der Waals surface area contributed by atoms with E-state index in [2.05, 4.69) is 42.9 Å². The Hall–Kier alpha value is -4.16. The number of carbonyl (C=O) groups excluding carboxylic acids is 2. The number of carbonyl (C=O) groups is 2. The second kappa shape index (κ2) is 9.95. The third kappa shape index (κ3) is 4.75. The number of aryl methyl sites for hydroxylation is 1. The van der Waals surface area contributed by atoms with Crippen molar-refractivity contribution in [1.29, 1.82) is 0 Å². The summed E-state index contributed by atoms with van der Waals surface area (Å²) in [6.45, 7) is 6.52. The van der Waals surface area contributed by atoms with E-state index in [0.29, 0.717) is 48.4 Å². The lowest BCUT2D eigenvalue weighted by Crippen LogP contribution is -2.35. The molecule has 4 aromatic rings. The molecule has 1 atom stereocenters. The SMILES string of the molecule is Cc1ncc(NC(=O)CN2CCC[C@@H]2C)cc1NC(=O)c1nnn2cc(-c3ccn(C4COC4)n3)ccc12. The lowest BCUT2D eigenvalue weighted by molar-refractivity contribution is -0.117. The summed E-state index contributed by atoms with van der Waals surface area (Å²) in [5, 5.41) is 18.6. The molecule has 0 radical (unpaired) electrons. The maximum absolute atomic E-state index is 13.1. The molecule has 38 heavy (non-hydrogen) atoms. The van der Waals surface area contributed by atoms with Crippen LogP contribution >= 0.6 is 0 Å². The molecule has 0 bridgehead atoms. The topological polar surface area (TPSA) is 132 Å². The summed E-state index contributed by atoms with van der Waals surface area (Å²) in [6.07, 6.45) is 7.54. The molecule has 0 aliphatic carbocycles. The lowest BCUT2D eigenvalue weighted by atomic mass is 10.2. The van der Waals surface area contributed by atoms with Crippen molar-refractivity contribution >= 4 is 28.7 Å². The van der Waals surface area contributed by atoms with E-state index in [1.165, 1.54) is 0 Å². The number of amides is 2. The van der Waals surface area contributed by atoms with E-state index in [1.54, 1.807) is 36.0 Å². The predicted octanol–water partition coefficient (Wildman–Crippen LogP) is 2.54. The van der Waals surface area contributed by atoms with Crippen LogP contribution in [0.1, 0.15) is 42.0 Å². The van der Waals surface area contributed by atoms with Gasteiger partial charge in [-0.15, -0.1) is 5.10 Å². The molecule has 2 amide bonds. The van der Waals surface area contributed by atoms with Crippen LogP contribution in [-0.4, -0.2) is 78.7 Å². The minimum atomic E-state index is -0.415. The minimum Gasteiger partial charge on any atom is -0.377 e. The van der Waals surface area contributed by atoms with Gasteiger partial charge in [0.25, 0.3) is 5.91 Å². The molecule has 2 aliphatic rings. The van der Waals surface area contributed by atoms with E-state index in [0.717, 1.165) is 30.6 Å². The molecule has 4 aromatic heterocycles. The average molecular weight is 516 g/mol. The molecule has 0 saturated carbocycles. The van der Waals surface area contributed by atoms with E-state index in [1.807, 2.05) is 23.0 Å². The number of aromatic nitrogens is 6. The van der Waals surface area contributed by atoms with Crippen LogP contribution in [0, 0.1) is 6.92 Å². The Bertz CT molecular complexity index is 1510.